The molecule has 1 N–H and O–H groups in total. The molecule has 2 heterocycles. The first-order valence-corrected chi connectivity index (χ1v) is 12.2. The van der Waals surface area contributed by atoms with Crippen molar-refractivity contribution < 1.29 is 22.7 Å². The van der Waals surface area contributed by atoms with Crippen LogP contribution in [0.4, 0.5) is 5.69 Å². The van der Waals surface area contributed by atoms with E-state index in [0.29, 0.717) is 24.8 Å². The molecule has 172 valence electrons. The number of nitrogens with one attached hydrogen (secondary N) is 1. The fourth-order valence-electron chi connectivity index (χ4n) is 3.83. The quantitative estimate of drug-likeness (QED) is 0.647. The van der Waals surface area contributed by atoms with Gasteiger partial charge < -0.3 is 15.0 Å². The summed E-state index contributed by atoms with van der Waals surface area (Å²) in [5.41, 5.74) is 0.314. The first-order valence-electron chi connectivity index (χ1n) is 10.4. The molecule has 0 spiro atoms. The third kappa shape index (κ3) is 5.31. The van der Waals surface area contributed by atoms with Crippen molar-refractivity contribution in [1.82, 2.24) is 14.1 Å². The molecule has 0 aromatic heterocycles. The van der Waals surface area contributed by atoms with Gasteiger partial charge in [0, 0.05) is 45.3 Å². The molecule has 2 aliphatic rings. The van der Waals surface area contributed by atoms with Gasteiger partial charge in [0.2, 0.25) is 15.9 Å². The lowest BCUT2D eigenvalue weighted by Gasteiger charge is -2.38. The molecule has 2 aliphatic heterocycles. The van der Waals surface area contributed by atoms with E-state index >= 15 is 0 Å². The number of fused-ring (bicyclic) bond motifs is 1. The van der Waals surface area contributed by atoms with Crippen LogP contribution in [-0.4, -0.2) is 86.8 Å². The summed E-state index contributed by atoms with van der Waals surface area (Å²) in [4.78, 5) is 28.1. The van der Waals surface area contributed by atoms with Gasteiger partial charge in [-0.1, -0.05) is 24.9 Å². The second-order valence-electron chi connectivity index (χ2n) is 7.93. The largest absolute Gasteiger partial charge is 0.482 e. The van der Waals surface area contributed by atoms with Crippen LogP contribution in [0.3, 0.4) is 0 Å². The Morgan fingerprint density at radius 3 is 2.61 bits per heavy atom. The summed E-state index contributed by atoms with van der Waals surface area (Å²) in [6.07, 6.45) is 2.23. The van der Waals surface area contributed by atoms with Crippen molar-refractivity contribution in [2.45, 2.75) is 37.6 Å². The second kappa shape index (κ2) is 9.72. The van der Waals surface area contributed by atoms with Crippen molar-refractivity contribution >= 4 is 39.1 Å². The molecule has 1 aromatic rings. The molecular weight excluding hydrogens is 444 g/mol. The minimum absolute atomic E-state index is 0.0534. The number of hydrogen-bond donors (Lipinski definition) is 1. The van der Waals surface area contributed by atoms with Crippen molar-refractivity contribution in [2.75, 3.05) is 51.7 Å². The molecule has 1 aromatic carbocycles. The molecule has 3 rings (SSSR count). The molecule has 1 saturated heterocycles. The van der Waals surface area contributed by atoms with E-state index in [1.165, 1.54) is 19.2 Å². The van der Waals surface area contributed by atoms with E-state index in [1.807, 2.05) is 0 Å². The number of ether oxygens (including phenoxy) is 1. The van der Waals surface area contributed by atoms with Gasteiger partial charge in [-0.15, -0.1) is 0 Å². The minimum Gasteiger partial charge on any atom is -0.482 e. The highest BCUT2D eigenvalue weighted by atomic mass is 35.5. The van der Waals surface area contributed by atoms with Gasteiger partial charge in [0.15, 0.2) is 6.61 Å². The van der Waals surface area contributed by atoms with Crippen LogP contribution < -0.4 is 10.1 Å². The molecule has 31 heavy (non-hydrogen) atoms. The summed E-state index contributed by atoms with van der Waals surface area (Å²) in [5, 5.41) is 2.53. The van der Waals surface area contributed by atoms with Crippen molar-refractivity contribution in [3.63, 3.8) is 0 Å². The lowest BCUT2D eigenvalue weighted by molar-refractivity contribution is -0.133. The molecule has 1 atom stereocenters. The summed E-state index contributed by atoms with van der Waals surface area (Å²) in [6, 6.07) is 3.09. The maximum absolute atomic E-state index is 13.1. The Bertz CT molecular complexity index is 947. The summed E-state index contributed by atoms with van der Waals surface area (Å²) in [7, 11) is -2.68. The maximum atomic E-state index is 13.1. The van der Waals surface area contributed by atoms with E-state index in [4.69, 9.17) is 16.3 Å². The molecular formula is C20H29ClN4O5S. The van der Waals surface area contributed by atoms with Crippen LogP contribution >= 0.6 is 11.6 Å². The molecule has 0 aliphatic carbocycles. The number of carbonyl (C=O) groups excluding carboxylic acids is 2. The van der Waals surface area contributed by atoms with Crippen molar-refractivity contribution in [3.8, 4) is 5.75 Å². The summed E-state index contributed by atoms with van der Waals surface area (Å²) >= 11 is 6.18. The van der Waals surface area contributed by atoms with Crippen LogP contribution in [0.25, 0.3) is 0 Å². The number of sulfonamides is 1. The van der Waals surface area contributed by atoms with Crippen molar-refractivity contribution in [1.29, 1.82) is 0 Å². The summed E-state index contributed by atoms with van der Waals surface area (Å²) < 4.78 is 32.4. The lowest BCUT2D eigenvalue weighted by atomic mass is 10.1. The predicted octanol–water partition coefficient (Wildman–Crippen LogP) is 1.62. The monoisotopic (exact) mass is 472 g/mol. The van der Waals surface area contributed by atoms with Gasteiger partial charge in [-0.05, 0) is 19.4 Å². The summed E-state index contributed by atoms with van der Waals surface area (Å²) in [5.74, 6) is -0.364. The zero-order chi connectivity index (χ0) is 22.8. The maximum Gasteiger partial charge on any atom is 0.262 e. The zero-order valence-corrected chi connectivity index (χ0v) is 19.6. The number of carbonyl (C=O) groups is 2. The molecule has 0 radical (unpaired) electrons. The van der Waals surface area contributed by atoms with Gasteiger partial charge in [0.1, 0.15) is 10.6 Å². The number of halogens is 1. The van der Waals surface area contributed by atoms with E-state index < -0.39 is 10.0 Å². The van der Waals surface area contributed by atoms with Gasteiger partial charge in [-0.25, -0.2) is 8.42 Å². The standard InChI is InChI=1S/C20H29ClN4O5S/c1-4-5-14(2)24-6-8-25(9-7-24)20(27)12-23(3)31(28,29)18-11-17-16(10-15(18)21)22-19(26)13-30-17/h10-11,14H,4-9,12-13H2,1-3H3,(H,22,26)/t14-/m0/s1. The van der Waals surface area contributed by atoms with Crippen LogP contribution in [0, 0.1) is 0 Å². The SMILES string of the molecule is CCC[C@H](C)N1CCN(C(=O)CN(C)S(=O)(=O)c2cc3c(cc2Cl)NC(=O)CO3)CC1. The highest BCUT2D eigenvalue weighted by Crippen LogP contribution is 2.36. The van der Waals surface area contributed by atoms with Crippen LogP contribution in [0.1, 0.15) is 26.7 Å². The molecule has 0 bridgehead atoms. The van der Waals surface area contributed by atoms with Gasteiger partial charge in [-0.2, -0.15) is 4.31 Å². The third-order valence-electron chi connectivity index (χ3n) is 5.71. The fourth-order valence-corrected chi connectivity index (χ4v) is 5.47. The Balaban J connectivity index is 1.65. The van der Waals surface area contributed by atoms with Crippen molar-refractivity contribution in [3.05, 3.63) is 17.2 Å². The van der Waals surface area contributed by atoms with Crippen LogP contribution in [0.5, 0.6) is 5.75 Å². The third-order valence-corrected chi connectivity index (χ3v) is 7.98. The highest BCUT2D eigenvalue weighted by molar-refractivity contribution is 7.89. The average Bonchev–Trinajstić information content (AvgIpc) is 2.73. The lowest BCUT2D eigenvalue weighted by Crippen LogP contribution is -2.53. The fraction of sp³-hybridized carbons (Fsp3) is 0.600. The van der Waals surface area contributed by atoms with E-state index in [9.17, 15) is 18.0 Å². The Hall–Kier alpha value is -1.88. The smallest absolute Gasteiger partial charge is 0.262 e. The van der Waals surface area contributed by atoms with Crippen molar-refractivity contribution in [2.24, 2.45) is 0 Å². The second-order valence-corrected chi connectivity index (χ2v) is 10.4. The normalized spacial score (nSPS) is 18.4. The number of piperazine rings is 1. The Morgan fingerprint density at radius 2 is 1.97 bits per heavy atom. The number of likely N-dealkylation sites (N-methyl/N-ethyl adjacent to an activating group) is 1. The van der Waals surface area contributed by atoms with Crippen LogP contribution in [0.2, 0.25) is 5.02 Å². The average molecular weight is 473 g/mol. The molecule has 11 heteroatoms. The van der Waals surface area contributed by atoms with Gasteiger partial charge in [0.05, 0.1) is 17.3 Å². The van der Waals surface area contributed by atoms with Gasteiger partial charge in [0.25, 0.3) is 5.91 Å². The first-order chi connectivity index (χ1) is 14.6. The van der Waals surface area contributed by atoms with Crippen LogP contribution in [-0.2, 0) is 19.6 Å². The molecule has 9 nitrogen and oxygen atoms in total. The highest BCUT2D eigenvalue weighted by Gasteiger charge is 2.31. The Kier molecular flexibility index (Phi) is 7.46. The number of amides is 2. The van der Waals surface area contributed by atoms with E-state index in [1.54, 1.807) is 4.90 Å². The van der Waals surface area contributed by atoms with Crippen LogP contribution in [0.15, 0.2) is 17.0 Å². The van der Waals surface area contributed by atoms with Gasteiger partial charge >= 0.3 is 0 Å². The number of nitrogens with zero attached hydrogens (tertiary/aromatic N) is 3. The number of anilines is 1. The minimum atomic E-state index is -4.03. The number of rotatable bonds is 7. The van der Waals surface area contributed by atoms with E-state index in [0.717, 1.165) is 30.2 Å². The molecule has 2 amide bonds. The molecule has 0 unspecified atom stereocenters. The summed E-state index contributed by atoms with van der Waals surface area (Å²) in [6.45, 7) is 6.58. The molecule has 1 fully saturated rings. The Morgan fingerprint density at radius 1 is 1.29 bits per heavy atom. The topological polar surface area (TPSA) is 99.3 Å². The number of benzene rings is 1. The first kappa shape index (κ1) is 23.8. The predicted molar refractivity (Wildman–Crippen MR) is 118 cm³/mol. The zero-order valence-electron chi connectivity index (χ0n) is 18.1. The Labute approximate surface area is 188 Å². The molecule has 0 saturated carbocycles. The van der Waals surface area contributed by atoms with E-state index in [-0.39, 0.29) is 40.6 Å². The van der Waals surface area contributed by atoms with Gasteiger partial charge in [-0.3, -0.25) is 14.5 Å². The number of hydrogen-bond acceptors (Lipinski definition) is 6. The van der Waals surface area contributed by atoms with E-state index in [2.05, 4.69) is 24.1 Å².